The summed E-state index contributed by atoms with van der Waals surface area (Å²) in [6, 6.07) is 5.53. The zero-order valence-electron chi connectivity index (χ0n) is 14.9. The van der Waals surface area contributed by atoms with Crippen molar-refractivity contribution in [3.05, 3.63) is 30.0 Å². The van der Waals surface area contributed by atoms with E-state index in [1.54, 1.807) is 12.3 Å². The van der Waals surface area contributed by atoms with E-state index >= 15 is 0 Å². The van der Waals surface area contributed by atoms with E-state index in [1.165, 1.54) is 0 Å². The third-order valence-electron chi connectivity index (χ3n) is 4.30. The Morgan fingerprint density at radius 1 is 1.24 bits per heavy atom. The number of amides is 3. The monoisotopic (exact) mass is 343 g/mol. The van der Waals surface area contributed by atoms with Gasteiger partial charge < -0.3 is 15.5 Å². The average Bonchev–Trinajstić information content (AvgIpc) is 3.01. The first-order valence-corrected chi connectivity index (χ1v) is 8.63. The number of carbonyl (C=O) groups is 2. The average molecular weight is 343 g/mol. The van der Waals surface area contributed by atoms with Crippen molar-refractivity contribution in [2.45, 2.75) is 45.2 Å². The summed E-state index contributed by atoms with van der Waals surface area (Å²) in [6.45, 7) is 7.19. The van der Waals surface area contributed by atoms with Gasteiger partial charge in [0.2, 0.25) is 0 Å². The van der Waals surface area contributed by atoms with Crippen LogP contribution in [-0.2, 0) is 0 Å². The molecule has 0 atom stereocenters. The third kappa shape index (κ3) is 4.29. The molecule has 1 aromatic heterocycles. The Morgan fingerprint density at radius 2 is 1.96 bits per heavy atom. The Balaban J connectivity index is 1.53. The SMILES string of the molecule is CC(C)(C)NC(=O)N1CCC(NC(=O)c2ccc3[nH]ncc3c2)CC1. The molecule has 0 radical (unpaired) electrons. The Bertz CT molecular complexity index is 769. The predicted molar refractivity (Wildman–Crippen MR) is 96.4 cm³/mol. The second kappa shape index (κ2) is 6.74. The van der Waals surface area contributed by atoms with E-state index < -0.39 is 0 Å². The molecule has 3 amide bonds. The van der Waals surface area contributed by atoms with Gasteiger partial charge in [0.15, 0.2) is 0 Å². The molecule has 1 saturated heterocycles. The lowest BCUT2D eigenvalue weighted by Crippen LogP contribution is -2.53. The molecular formula is C18H25N5O2. The highest BCUT2D eigenvalue weighted by atomic mass is 16.2. The molecular weight excluding hydrogens is 318 g/mol. The molecule has 0 saturated carbocycles. The molecule has 3 N–H and O–H groups in total. The standard InChI is InChI=1S/C18H25N5O2/c1-18(2,3)21-17(25)23-8-6-14(7-9-23)20-16(24)12-4-5-15-13(10-12)11-19-22-15/h4-5,10-11,14H,6-9H2,1-3H3,(H,19,22)(H,20,24)(H,21,25). The number of hydrogen-bond donors (Lipinski definition) is 3. The van der Waals surface area contributed by atoms with Crippen LogP contribution in [0.1, 0.15) is 44.0 Å². The van der Waals surface area contributed by atoms with Crippen molar-refractivity contribution in [3.8, 4) is 0 Å². The van der Waals surface area contributed by atoms with Gasteiger partial charge in [-0.3, -0.25) is 9.89 Å². The molecule has 2 aromatic rings. The maximum Gasteiger partial charge on any atom is 0.317 e. The molecule has 2 heterocycles. The second-order valence-electron chi connectivity index (χ2n) is 7.59. The number of carbonyl (C=O) groups excluding carboxylic acids is 2. The van der Waals surface area contributed by atoms with Crippen molar-refractivity contribution >= 4 is 22.8 Å². The molecule has 1 fully saturated rings. The normalized spacial score (nSPS) is 16.0. The summed E-state index contributed by atoms with van der Waals surface area (Å²) in [5, 5.41) is 13.8. The lowest BCUT2D eigenvalue weighted by molar-refractivity contribution is 0.0917. The molecule has 1 aliphatic rings. The van der Waals surface area contributed by atoms with Gasteiger partial charge in [0.25, 0.3) is 5.91 Å². The van der Waals surface area contributed by atoms with Crippen LogP contribution in [0.4, 0.5) is 4.79 Å². The van der Waals surface area contributed by atoms with Crippen molar-refractivity contribution in [2.24, 2.45) is 0 Å². The van der Waals surface area contributed by atoms with Crippen LogP contribution in [-0.4, -0.2) is 51.7 Å². The van der Waals surface area contributed by atoms with Crippen LogP contribution in [0, 0.1) is 0 Å². The summed E-state index contributed by atoms with van der Waals surface area (Å²) in [7, 11) is 0. The van der Waals surface area contributed by atoms with Crippen molar-refractivity contribution in [3.63, 3.8) is 0 Å². The van der Waals surface area contributed by atoms with Crippen LogP contribution in [0.5, 0.6) is 0 Å². The number of benzene rings is 1. The van der Waals surface area contributed by atoms with Gasteiger partial charge in [-0.05, 0) is 51.8 Å². The minimum Gasteiger partial charge on any atom is -0.349 e. The molecule has 3 rings (SSSR count). The summed E-state index contributed by atoms with van der Waals surface area (Å²) in [5.41, 5.74) is 1.30. The fraction of sp³-hybridized carbons (Fsp3) is 0.500. The molecule has 0 bridgehead atoms. The minimum absolute atomic E-state index is 0.0392. The number of likely N-dealkylation sites (tertiary alicyclic amines) is 1. The molecule has 7 heteroatoms. The number of aromatic nitrogens is 2. The zero-order valence-corrected chi connectivity index (χ0v) is 14.9. The van der Waals surface area contributed by atoms with E-state index in [1.807, 2.05) is 37.8 Å². The first-order valence-electron chi connectivity index (χ1n) is 8.63. The van der Waals surface area contributed by atoms with Gasteiger partial charge in [0, 0.05) is 35.6 Å². The van der Waals surface area contributed by atoms with Crippen LogP contribution in [0.2, 0.25) is 0 Å². The number of aromatic amines is 1. The van der Waals surface area contributed by atoms with Crippen LogP contribution in [0.3, 0.4) is 0 Å². The predicted octanol–water partition coefficient (Wildman–Crippen LogP) is 2.27. The highest BCUT2D eigenvalue weighted by Gasteiger charge is 2.26. The lowest BCUT2D eigenvalue weighted by atomic mass is 10.0. The summed E-state index contributed by atoms with van der Waals surface area (Å²) in [6.07, 6.45) is 3.23. The van der Waals surface area contributed by atoms with Gasteiger partial charge in [-0.15, -0.1) is 0 Å². The summed E-state index contributed by atoms with van der Waals surface area (Å²) in [5.74, 6) is -0.0827. The van der Waals surface area contributed by atoms with Crippen LogP contribution >= 0.6 is 0 Å². The molecule has 7 nitrogen and oxygen atoms in total. The van der Waals surface area contributed by atoms with E-state index in [0.717, 1.165) is 23.7 Å². The van der Waals surface area contributed by atoms with E-state index in [-0.39, 0.29) is 23.5 Å². The van der Waals surface area contributed by atoms with Gasteiger partial charge in [-0.2, -0.15) is 5.10 Å². The number of fused-ring (bicyclic) bond motifs is 1. The summed E-state index contributed by atoms with van der Waals surface area (Å²) < 4.78 is 0. The van der Waals surface area contributed by atoms with E-state index in [2.05, 4.69) is 20.8 Å². The van der Waals surface area contributed by atoms with Crippen molar-refractivity contribution in [1.82, 2.24) is 25.7 Å². The van der Waals surface area contributed by atoms with Crippen LogP contribution in [0.25, 0.3) is 10.9 Å². The molecule has 1 aliphatic heterocycles. The van der Waals surface area contributed by atoms with Gasteiger partial charge in [0.1, 0.15) is 0 Å². The lowest BCUT2D eigenvalue weighted by Gasteiger charge is -2.34. The maximum absolute atomic E-state index is 12.4. The first kappa shape index (κ1) is 17.3. The van der Waals surface area contributed by atoms with Crippen molar-refractivity contribution < 1.29 is 9.59 Å². The van der Waals surface area contributed by atoms with Crippen LogP contribution in [0.15, 0.2) is 24.4 Å². The second-order valence-corrected chi connectivity index (χ2v) is 7.59. The summed E-state index contributed by atoms with van der Waals surface area (Å²) in [4.78, 5) is 26.4. The number of nitrogens with one attached hydrogen (secondary N) is 3. The molecule has 1 aromatic carbocycles. The summed E-state index contributed by atoms with van der Waals surface area (Å²) >= 11 is 0. The number of hydrogen-bond acceptors (Lipinski definition) is 3. The first-order chi connectivity index (χ1) is 11.8. The fourth-order valence-electron chi connectivity index (χ4n) is 2.98. The molecule has 25 heavy (non-hydrogen) atoms. The number of nitrogens with zero attached hydrogens (tertiary/aromatic N) is 2. The number of H-pyrrole nitrogens is 1. The highest BCUT2D eigenvalue weighted by Crippen LogP contribution is 2.15. The van der Waals surface area contributed by atoms with Crippen LogP contribution < -0.4 is 10.6 Å². The van der Waals surface area contributed by atoms with E-state index in [0.29, 0.717) is 18.7 Å². The van der Waals surface area contributed by atoms with Crippen molar-refractivity contribution in [2.75, 3.05) is 13.1 Å². The Morgan fingerprint density at radius 3 is 2.64 bits per heavy atom. The largest absolute Gasteiger partial charge is 0.349 e. The number of rotatable bonds is 2. The number of piperidine rings is 1. The van der Waals surface area contributed by atoms with Gasteiger partial charge in [-0.25, -0.2) is 4.79 Å². The van der Waals surface area contributed by atoms with E-state index in [9.17, 15) is 9.59 Å². The smallest absolute Gasteiger partial charge is 0.317 e. The fourth-order valence-corrected chi connectivity index (χ4v) is 2.98. The highest BCUT2D eigenvalue weighted by molar-refractivity contribution is 5.98. The maximum atomic E-state index is 12.4. The molecule has 134 valence electrons. The topological polar surface area (TPSA) is 90.1 Å². The van der Waals surface area contributed by atoms with Crippen molar-refractivity contribution in [1.29, 1.82) is 0 Å². The number of urea groups is 1. The molecule has 0 unspecified atom stereocenters. The quantitative estimate of drug-likeness (QED) is 0.781. The molecule has 0 spiro atoms. The third-order valence-corrected chi connectivity index (χ3v) is 4.30. The Kier molecular flexibility index (Phi) is 4.65. The van der Waals surface area contributed by atoms with Gasteiger partial charge >= 0.3 is 6.03 Å². The van der Waals surface area contributed by atoms with E-state index in [4.69, 9.17) is 0 Å². The zero-order chi connectivity index (χ0) is 18.0. The Hall–Kier alpha value is -2.57. The van der Waals surface area contributed by atoms with Gasteiger partial charge in [-0.1, -0.05) is 0 Å². The Labute approximate surface area is 147 Å². The minimum atomic E-state index is -0.242. The molecule has 0 aliphatic carbocycles. The van der Waals surface area contributed by atoms with Gasteiger partial charge in [0.05, 0.1) is 11.7 Å².